The van der Waals surface area contributed by atoms with Crippen LogP contribution in [-0.4, -0.2) is 37.2 Å². The van der Waals surface area contributed by atoms with Crippen LogP contribution in [-0.2, 0) is 11.3 Å². The maximum Gasteiger partial charge on any atom is 0.257 e. The molecule has 1 saturated carbocycles. The van der Waals surface area contributed by atoms with Gasteiger partial charge in [0.1, 0.15) is 17.2 Å². The number of fused-ring (bicyclic) bond motifs is 2. The van der Waals surface area contributed by atoms with Crippen LogP contribution in [0.2, 0.25) is 5.02 Å². The first-order valence-electron chi connectivity index (χ1n) is 12.9. The van der Waals surface area contributed by atoms with E-state index in [0.717, 1.165) is 22.0 Å². The number of carbonyl (C=O) groups is 2. The first-order chi connectivity index (χ1) is 19.5. The highest BCUT2D eigenvalue weighted by atomic mass is 35.5. The molecule has 7 rings (SSSR count). The zero-order valence-corrected chi connectivity index (χ0v) is 22.0. The van der Waals surface area contributed by atoms with Crippen molar-refractivity contribution >= 4 is 51.5 Å². The van der Waals surface area contributed by atoms with Gasteiger partial charge in [0, 0.05) is 47.2 Å². The molecule has 2 aromatic carbocycles. The van der Waals surface area contributed by atoms with Gasteiger partial charge >= 0.3 is 0 Å². The number of nitrogens with one attached hydrogen (secondary N) is 2. The maximum absolute atomic E-state index is 14.1. The van der Waals surface area contributed by atoms with Gasteiger partial charge in [0.25, 0.3) is 11.8 Å². The molecule has 1 spiro atoms. The van der Waals surface area contributed by atoms with Gasteiger partial charge in [-0.25, -0.2) is 9.97 Å². The molecule has 2 amide bonds. The Labute approximate surface area is 235 Å². The molecule has 4 heterocycles. The fourth-order valence-corrected chi connectivity index (χ4v) is 5.77. The molecule has 1 aliphatic heterocycles. The second-order valence-electron chi connectivity index (χ2n) is 10.0. The van der Waals surface area contributed by atoms with Crippen molar-refractivity contribution in [1.82, 2.24) is 19.9 Å². The zero-order valence-electron chi connectivity index (χ0n) is 21.2. The van der Waals surface area contributed by atoms with Crippen molar-refractivity contribution in [3.63, 3.8) is 0 Å². The summed E-state index contributed by atoms with van der Waals surface area (Å²) in [6.45, 7) is 0.249. The molecule has 40 heavy (non-hydrogen) atoms. The number of hydrogen-bond donors (Lipinski definition) is 2. The standard InChI is InChI=1S/C31H23ClN6O2/c32-21-8-10-23-26(16-21)36-30(40)31(17-24(31)25-5-1-3-12-33-25)38(29(23)39)18-19-7-9-22-20(15-19)11-14-35-28(22)37-27-6-2-4-13-34-27/h1-16,24H,17-18H2,(H,36,40)(H,34,35,37). The Hall–Kier alpha value is -4.82. The summed E-state index contributed by atoms with van der Waals surface area (Å²) in [4.78, 5) is 43.0. The summed E-state index contributed by atoms with van der Waals surface area (Å²) in [5.41, 5.74) is 1.45. The second-order valence-corrected chi connectivity index (χ2v) is 10.5. The molecular formula is C31H23ClN6O2. The summed E-state index contributed by atoms with van der Waals surface area (Å²) >= 11 is 6.22. The minimum Gasteiger partial charge on any atom is -0.324 e. The number of aromatic nitrogens is 3. The molecule has 0 bridgehead atoms. The van der Waals surface area contributed by atoms with E-state index in [0.29, 0.717) is 34.3 Å². The average Bonchev–Trinajstić information content (AvgIpc) is 3.74. The van der Waals surface area contributed by atoms with Crippen LogP contribution in [0.5, 0.6) is 0 Å². The van der Waals surface area contributed by atoms with E-state index in [-0.39, 0.29) is 24.3 Å². The summed E-state index contributed by atoms with van der Waals surface area (Å²) in [7, 11) is 0. The quantitative estimate of drug-likeness (QED) is 0.283. The van der Waals surface area contributed by atoms with Gasteiger partial charge in [-0.15, -0.1) is 0 Å². The third kappa shape index (κ3) is 4.04. The average molecular weight is 547 g/mol. The number of nitrogens with zero attached hydrogens (tertiary/aromatic N) is 4. The van der Waals surface area contributed by atoms with Crippen molar-refractivity contribution in [2.24, 2.45) is 0 Å². The minimum atomic E-state index is -1.06. The van der Waals surface area contributed by atoms with E-state index in [2.05, 4.69) is 25.6 Å². The third-order valence-electron chi connectivity index (χ3n) is 7.64. The third-order valence-corrected chi connectivity index (χ3v) is 7.87. The number of halogens is 1. The fraction of sp³-hybridized carbons (Fsp3) is 0.129. The lowest BCUT2D eigenvalue weighted by Crippen LogP contribution is -2.48. The van der Waals surface area contributed by atoms with Crippen molar-refractivity contribution in [2.75, 3.05) is 10.6 Å². The van der Waals surface area contributed by atoms with E-state index in [4.69, 9.17) is 11.6 Å². The van der Waals surface area contributed by atoms with E-state index < -0.39 is 5.54 Å². The molecule has 1 fully saturated rings. The first-order valence-corrected chi connectivity index (χ1v) is 13.3. The van der Waals surface area contributed by atoms with Gasteiger partial charge in [-0.05, 0) is 72.0 Å². The molecule has 2 N–H and O–H groups in total. The monoisotopic (exact) mass is 546 g/mol. The molecule has 196 valence electrons. The number of benzene rings is 2. The van der Waals surface area contributed by atoms with Crippen LogP contribution in [0.25, 0.3) is 10.8 Å². The van der Waals surface area contributed by atoms with Crippen molar-refractivity contribution in [3.8, 4) is 0 Å². The lowest BCUT2D eigenvalue weighted by Gasteiger charge is -2.30. The molecule has 5 aromatic rings. The van der Waals surface area contributed by atoms with Crippen molar-refractivity contribution < 1.29 is 9.59 Å². The molecule has 2 aliphatic rings. The van der Waals surface area contributed by atoms with Crippen molar-refractivity contribution in [1.29, 1.82) is 0 Å². The second kappa shape index (κ2) is 9.43. The number of amides is 2. The highest BCUT2D eigenvalue weighted by molar-refractivity contribution is 6.31. The zero-order chi connectivity index (χ0) is 27.3. The Morgan fingerprint density at radius 2 is 1.77 bits per heavy atom. The fourth-order valence-electron chi connectivity index (χ4n) is 5.60. The van der Waals surface area contributed by atoms with Gasteiger partial charge in [0.15, 0.2) is 0 Å². The van der Waals surface area contributed by atoms with E-state index in [1.807, 2.05) is 60.7 Å². The molecule has 1 aliphatic carbocycles. The normalized spacial score (nSPS) is 19.7. The Bertz CT molecular complexity index is 1780. The van der Waals surface area contributed by atoms with Crippen LogP contribution in [0.15, 0.2) is 97.5 Å². The lowest BCUT2D eigenvalue weighted by atomic mass is 10.0. The summed E-state index contributed by atoms with van der Waals surface area (Å²) in [5.74, 6) is 0.705. The van der Waals surface area contributed by atoms with Gasteiger partial charge in [-0.2, -0.15) is 0 Å². The van der Waals surface area contributed by atoms with E-state index in [1.54, 1.807) is 41.7 Å². The molecule has 3 aromatic heterocycles. The Balaban J connectivity index is 1.28. The van der Waals surface area contributed by atoms with E-state index in [1.165, 1.54) is 0 Å². The van der Waals surface area contributed by atoms with Gasteiger partial charge in [-0.1, -0.05) is 35.9 Å². The Morgan fingerprint density at radius 1 is 0.925 bits per heavy atom. The van der Waals surface area contributed by atoms with Crippen LogP contribution in [0, 0.1) is 0 Å². The molecule has 0 saturated heterocycles. The summed E-state index contributed by atoms with van der Waals surface area (Å²) < 4.78 is 0. The van der Waals surface area contributed by atoms with Gasteiger partial charge in [0.2, 0.25) is 0 Å². The van der Waals surface area contributed by atoms with Crippen LogP contribution >= 0.6 is 11.6 Å². The largest absolute Gasteiger partial charge is 0.324 e. The van der Waals surface area contributed by atoms with Gasteiger partial charge in [-0.3, -0.25) is 14.6 Å². The minimum absolute atomic E-state index is 0.221. The topological polar surface area (TPSA) is 100 Å². The molecule has 0 radical (unpaired) electrons. The number of rotatable bonds is 5. The van der Waals surface area contributed by atoms with Crippen molar-refractivity contribution in [3.05, 3.63) is 119 Å². The first kappa shape index (κ1) is 24.2. The van der Waals surface area contributed by atoms with Gasteiger partial charge in [0.05, 0.1) is 11.3 Å². The Morgan fingerprint density at radius 3 is 2.58 bits per heavy atom. The summed E-state index contributed by atoms with van der Waals surface area (Å²) in [6.07, 6.45) is 5.66. The SMILES string of the molecule is O=C1c2ccc(Cl)cc2NC(=O)C2(CC2c2ccccn2)N1Cc1ccc2c(Nc3ccccn3)nccc2c1. The molecule has 9 heteroatoms. The molecule has 8 nitrogen and oxygen atoms in total. The molecule has 2 unspecified atom stereocenters. The maximum atomic E-state index is 14.1. The highest BCUT2D eigenvalue weighted by Crippen LogP contribution is 2.57. The predicted octanol–water partition coefficient (Wildman–Crippen LogP) is 5.94. The van der Waals surface area contributed by atoms with Crippen molar-refractivity contribution in [2.45, 2.75) is 24.4 Å². The van der Waals surface area contributed by atoms with E-state index >= 15 is 0 Å². The number of hydrogen-bond acceptors (Lipinski definition) is 6. The summed E-state index contributed by atoms with van der Waals surface area (Å²) in [6, 6.07) is 24.2. The number of carbonyl (C=O) groups excluding carboxylic acids is 2. The highest BCUT2D eigenvalue weighted by Gasteiger charge is 2.67. The molecular weight excluding hydrogens is 524 g/mol. The van der Waals surface area contributed by atoms with E-state index in [9.17, 15) is 9.59 Å². The number of anilines is 3. The van der Waals surface area contributed by atoms with Crippen LogP contribution in [0.4, 0.5) is 17.3 Å². The van der Waals surface area contributed by atoms with Crippen LogP contribution in [0.1, 0.15) is 34.0 Å². The predicted molar refractivity (Wildman–Crippen MR) is 154 cm³/mol. The lowest BCUT2D eigenvalue weighted by molar-refractivity contribution is -0.122. The summed E-state index contributed by atoms with van der Waals surface area (Å²) in [5, 5.41) is 8.58. The smallest absolute Gasteiger partial charge is 0.257 e. The Kier molecular flexibility index (Phi) is 5.71. The molecule has 2 atom stereocenters. The number of pyridine rings is 3. The van der Waals surface area contributed by atoms with Gasteiger partial charge < -0.3 is 15.5 Å². The van der Waals surface area contributed by atoms with Crippen LogP contribution in [0.3, 0.4) is 0 Å². The van der Waals surface area contributed by atoms with Crippen LogP contribution < -0.4 is 10.6 Å².